The van der Waals surface area contributed by atoms with Crippen LogP contribution in [0.25, 0.3) is 0 Å². The van der Waals surface area contributed by atoms with Crippen LogP contribution in [0, 0.1) is 0 Å². The van der Waals surface area contributed by atoms with E-state index in [4.69, 9.17) is 4.74 Å². The Balaban J connectivity index is 1.90. The lowest BCUT2D eigenvalue weighted by atomic mass is 9.85. The first-order valence-electron chi connectivity index (χ1n) is 13.6. The second-order valence-electron chi connectivity index (χ2n) is 12.2. The largest absolute Gasteiger partial charge is 0.463 e. The maximum Gasteiger partial charge on any atom is 0.338 e. The van der Waals surface area contributed by atoms with Crippen LogP contribution in [0.1, 0.15) is 72.1 Å². The minimum atomic E-state index is -0.609. The summed E-state index contributed by atoms with van der Waals surface area (Å²) in [5.74, 6) is -0.430. The van der Waals surface area contributed by atoms with Crippen LogP contribution in [0.2, 0.25) is 0 Å². The van der Waals surface area contributed by atoms with Crippen LogP contribution < -0.4 is 10.6 Å². The molecule has 0 spiro atoms. The van der Waals surface area contributed by atoms with E-state index in [0.717, 1.165) is 18.5 Å². The van der Waals surface area contributed by atoms with E-state index in [-0.39, 0.29) is 29.6 Å². The van der Waals surface area contributed by atoms with E-state index >= 15 is 0 Å². The molecule has 1 aromatic rings. The Hall–Kier alpha value is -3.07. The molecular formula is C29H45N5O4. The Bertz CT molecular complexity index is 1050. The molecule has 1 saturated heterocycles. The van der Waals surface area contributed by atoms with Gasteiger partial charge in [0.1, 0.15) is 0 Å². The number of urea groups is 2. The normalized spacial score (nSPS) is 19.7. The Labute approximate surface area is 227 Å². The fourth-order valence-electron chi connectivity index (χ4n) is 4.77. The second kappa shape index (κ2) is 11.8. The summed E-state index contributed by atoms with van der Waals surface area (Å²) in [7, 11) is 1.68. The molecule has 0 radical (unpaired) electrons. The first-order valence-corrected chi connectivity index (χ1v) is 13.6. The van der Waals surface area contributed by atoms with Gasteiger partial charge in [0.25, 0.3) is 0 Å². The minimum Gasteiger partial charge on any atom is -0.463 e. The van der Waals surface area contributed by atoms with Gasteiger partial charge in [-0.2, -0.15) is 0 Å². The van der Waals surface area contributed by atoms with Crippen LogP contribution in [0.5, 0.6) is 0 Å². The average Bonchev–Trinajstić information content (AvgIpc) is 3.06. The third-order valence-corrected chi connectivity index (χ3v) is 6.91. The third-order valence-electron chi connectivity index (χ3n) is 6.91. The second-order valence-corrected chi connectivity index (χ2v) is 12.2. The number of ether oxygens (including phenoxy) is 1. The van der Waals surface area contributed by atoms with E-state index in [0.29, 0.717) is 37.4 Å². The van der Waals surface area contributed by atoms with Crippen LogP contribution in [-0.2, 0) is 14.9 Å². The lowest BCUT2D eigenvalue weighted by Gasteiger charge is -2.36. The number of carbonyl (C=O) groups excluding carboxylic acids is 3. The Morgan fingerprint density at radius 1 is 1.03 bits per heavy atom. The summed E-state index contributed by atoms with van der Waals surface area (Å²) in [5, 5.41) is 6.04. The van der Waals surface area contributed by atoms with Gasteiger partial charge in [-0.3, -0.25) is 9.80 Å². The number of hydrogen-bond acceptors (Lipinski definition) is 5. The highest BCUT2D eigenvalue weighted by Crippen LogP contribution is 2.33. The third kappa shape index (κ3) is 7.28. The van der Waals surface area contributed by atoms with Crippen LogP contribution in [0.4, 0.5) is 9.59 Å². The van der Waals surface area contributed by atoms with E-state index < -0.39 is 12.0 Å². The zero-order chi connectivity index (χ0) is 28.3. The van der Waals surface area contributed by atoms with Gasteiger partial charge in [-0.15, -0.1) is 0 Å². The molecule has 0 aliphatic carbocycles. The fourth-order valence-corrected chi connectivity index (χ4v) is 4.77. The van der Waals surface area contributed by atoms with E-state index in [1.807, 2.05) is 49.9 Å². The lowest BCUT2D eigenvalue weighted by molar-refractivity contribution is -0.139. The first-order chi connectivity index (χ1) is 17.7. The van der Waals surface area contributed by atoms with E-state index in [1.165, 1.54) is 10.5 Å². The van der Waals surface area contributed by atoms with Gasteiger partial charge in [-0.25, -0.2) is 14.4 Å². The maximum absolute atomic E-state index is 13.3. The molecule has 0 saturated carbocycles. The standard InChI is InChI=1S/C29H45N5O4/c1-9-38-25(35)23-22(19-33-15-10-16-34(18-17-33)27(37)31-29(5,6)7)32(8)26(36)30-24(23)20-11-13-21(14-12-20)28(2,3)4/h11-14,24H,9-10,15-19H2,1-8H3,(H,30,36)(H,31,37). The highest BCUT2D eigenvalue weighted by atomic mass is 16.5. The van der Waals surface area contributed by atoms with Gasteiger partial charge in [0.2, 0.25) is 0 Å². The van der Waals surface area contributed by atoms with Crippen LogP contribution >= 0.6 is 0 Å². The smallest absolute Gasteiger partial charge is 0.338 e. The van der Waals surface area contributed by atoms with Crippen molar-refractivity contribution < 1.29 is 19.1 Å². The number of amides is 4. The summed E-state index contributed by atoms with van der Waals surface area (Å²) >= 11 is 0. The van der Waals surface area contributed by atoms with Gasteiger partial charge in [0.15, 0.2) is 0 Å². The van der Waals surface area contributed by atoms with Crippen molar-refractivity contribution in [1.82, 2.24) is 25.3 Å². The summed E-state index contributed by atoms with van der Waals surface area (Å²) in [5.41, 5.74) is 2.77. The van der Waals surface area contributed by atoms with E-state index in [2.05, 4.69) is 36.3 Å². The number of nitrogens with zero attached hydrogens (tertiary/aromatic N) is 3. The molecule has 2 aliphatic heterocycles. The number of esters is 1. The minimum absolute atomic E-state index is 0.00995. The summed E-state index contributed by atoms with van der Waals surface area (Å²) in [6, 6.07) is 7.11. The Kier molecular flexibility index (Phi) is 9.13. The van der Waals surface area contributed by atoms with Gasteiger partial charge in [-0.05, 0) is 50.7 Å². The summed E-state index contributed by atoms with van der Waals surface area (Å²) < 4.78 is 5.48. The molecule has 2 aliphatic rings. The molecule has 38 heavy (non-hydrogen) atoms. The molecular weight excluding hydrogens is 482 g/mol. The lowest BCUT2D eigenvalue weighted by Crippen LogP contribution is -2.50. The van der Waals surface area contributed by atoms with Crippen molar-refractivity contribution in [2.75, 3.05) is 46.4 Å². The number of carbonyl (C=O) groups is 3. The molecule has 1 aromatic carbocycles. The van der Waals surface area contributed by atoms with Crippen molar-refractivity contribution >= 4 is 18.0 Å². The number of likely N-dealkylation sites (N-methyl/N-ethyl adjacent to an activating group) is 1. The predicted octanol–water partition coefficient (Wildman–Crippen LogP) is 4.01. The van der Waals surface area contributed by atoms with E-state index in [9.17, 15) is 14.4 Å². The molecule has 2 N–H and O–H groups in total. The highest BCUT2D eigenvalue weighted by Gasteiger charge is 2.37. The molecule has 1 unspecified atom stereocenters. The molecule has 9 heteroatoms. The molecule has 1 atom stereocenters. The van der Waals surface area contributed by atoms with Gasteiger partial charge in [-0.1, -0.05) is 45.0 Å². The van der Waals surface area contributed by atoms with E-state index in [1.54, 1.807) is 14.0 Å². The summed E-state index contributed by atoms with van der Waals surface area (Å²) in [6.07, 6.45) is 0.799. The maximum atomic E-state index is 13.3. The monoisotopic (exact) mass is 527 g/mol. The predicted molar refractivity (Wildman–Crippen MR) is 149 cm³/mol. The molecule has 9 nitrogen and oxygen atoms in total. The van der Waals surface area contributed by atoms with Crippen molar-refractivity contribution in [2.45, 2.75) is 71.9 Å². The number of nitrogens with one attached hydrogen (secondary N) is 2. The molecule has 2 heterocycles. The zero-order valence-electron chi connectivity index (χ0n) is 24.3. The first kappa shape index (κ1) is 29.5. The molecule has 1 fully saturated rings. The number of benzene rings is 1. The summed E-state index contributed by atoms with van der Waals surface area (Å²) in [4.78, 5) is 44.7. The molecule has 4 amide bonds. The van der Waals surface area contributed by atoms with Crippen molar-refractivity contribution in [1.29, 1.82) is 0 Å². The topological polar surface area (TPSA) is 94.2 Å². The van der Waals surface area contributed by atoms with Crippen LogP contribution in [-0.4, -0.2) is 84.6 Å². The zero-order valence-corrected chi connectivity index (χ0v) is 24.3. The van der Waals surface area contributed by atoms with Crippen molar-refractivity contribution in [2.24, 2.45) is 0 Å². The van der Waals surface area contributed by atoms with Crippen LogP contribution in [0.3, 0.4) is 0 Å². The fraction of sp³-hybridized carbons (Fsp3) is 0.621. The van der Waals surface area contributed by atoms with Crippen LogP contribution in [0.15, 0.2) is 35.5 Å². The molecule has 3 rings (SSSR count). The average molecular weight is 528 g/mol. The number of hydrogen-bond donors (Lipinski definition) is 2. The number of rotatable bonds is 5. The quantitative estimate of drug-likeness (QED) is 0.565. The Morgan fingerprint density at radius 2 is 1.68 bits per heavy atom. The van der Waals surface area contributed by atoms with Gasteiger partial charge in [0.05, 0.1) is 18.2 Å². The Morgan fingerprint density at radius 3 is 2.26 bits per heavy atom. The molecule has 0 bridgehead atoms. The SMILES string of the molecule is CCOC(=O)C1=C(CN2CCCN(C(=O)NC(C)(C)C)CC2)N(C)C(=O)NC1c1ccc(C(C)(C)C)cc1. The highest BCUT2D eigenvalue weighted by molar-refractivity contribution is 5.95. The molecule has 0 aromatic heterocycles. The molecule has 210 valence electrons. The summed E-state index contributed by atoms with van der Waals surface area (Å²) in [6.45, 7) is 17.4. The van der Waals surface area contributed by atoms with Gasteiger partial charge >= 0.3 is 18.0 Å². The van der Waals surface area contributed by atoms with Gasteiger partial charge in [0, 0.05) is 51.0 Å². The van der Waals surface area contributed by atoms with Crippen molar-refractivity contribution in [3.63, 3.8) is 0 Å². The van der Waals surface area contributed by atoms with Crippen molar-refractivity contribution in [3.05, 3.63) is 46.7 Å². The van der Waals surface area contributed by atoms with Crippen molar-refractivity contribution in [3.8, 4) is 0 Å². The van der Waals surface area contributed by atoms with Gasteiger partial charge < -0.3 is 20.3 Å².